The third kappa shape index (κ3) is 3.98. The number of carbonyl (C=O) groups is 1. The summed E-state index contributed by atoms with van der Waals surface area (Å²) in [5, 5.41) is 20.8. The molecule has 1 aliphatic heterocycles. The van der Waals surface area contributed by atoms with Crippen molar-refractivity contribution in [1.29, 1.82) is 5.26 Å². The molecule has 1 saturated heterocycles. The van der Waals surface area contributed by atoms with Crippen LogP contribution in [-0.2, 0) is 4.79 Å². The van der Waals surface area contributed by atoms with E-state index in [0.717, 1.165) is 50.0 Å². The average Bonchev–Trinajstić information content (AvgIpc) is 2.57. The van der Waals surface area contributed by atoms with E-state index >= 15 is 0 Å². The highest BCUT2D eigenvalue weighted by atomic mass is 16.1. The van der Waals surface area contributed by atoms with Crippen molar-refractivity contribution in [2.45, 2.75) is 46.5 Å². The highest BCUT2D eigenvalue weighted by Gasteiger charge is 2.28. The second-order valence-electron chi connectivity index (χ2n) is 6.15. The Kier molecular flexibility index (Phi) is 5.91. The van der Waals surface area contributed by atoms with Gasteiger partial charge < -0.3 is 10.2 Å². The predicted molar refractivity (Wildman–Crippen MR) is 89.1 cm³/mol. The molecule has 1 aliphatic rings. The summed E-state index contributed by atoms with van der Waals surface area (Å²) in [4.78, 5) is 14.3. The molecule has 1 amide bonds. The number of nitrogens with zero attached hydrogens (tertiary/aromatic N) is 4. The van der Waals surface area contributed by atoms with Crippen LogP contribution in [0.5, 0.6) is 0 Å². The topological polar surface area (TPSA) is 81.9 Å². The molecule has 0 saturated carbocycles. The summed E-state index contributed by atoms with van der Waals surface area (Å²) in [6.07, 6.45) is 3.88. The lowest BCUT2D eigenvalue weighted by atomic mass is 9.96. The number of anilines is 1. The summed E-state index contributed by atoms with van der Waals surface area (Å²) in [7, 11) is 0. The van der Waals surface area contributed by atoms with Gasteiger partial charge in [0.25, 0.3) is 0 Å². The van der Waals surface area contributed by atoms with E-state index in [0.29, 0.717) is 17.9 Å². The first-order valence-corrected chi connectivity index (χ1v) is 8.35. The summed E-state index contributed by atoms with van der Waals surface area (Å²) in [5.74, 6) is 0.677. The largest absolute Gasteiger partial charge is 0.356 e. The first kappa shape index (κ1) is 17.2. The van der Waals surface area contributed by atoms with Crippen LogP contribution in [0.4, 0.5) is 5.82 Å². The summed E-state index contributed by atoms with van der Waals surface area (Å²) >= 11 is 0. The van der Waals surface area contributed by atoms with Crippen molar-refractivity contribution in [1.82, 2.24) is 15.5 Å². The van der Waals surface area contributed by atoms with Crippen LogP contribution in [0.25, 0.3) is 0 Å². The van der Waals surface area contributed by atoms with Gasteiger partial charge >= 0.3 is 0 Å². The Labute approximate surface area is 137 Å². The standard InChI is InChI=1S/C17H25N5O/c1-4-5-8-19-17(23)14-7-6-9-22(11-14)16-15(10-18)12(2)13(3)20-21-16/h14H,4-9,11H2,1-3H3,(H,19,23). The fourth-order valence-electron chi connectivity index (χ4n) is 2.87. The lowest BCUT2D eigenvalue weighted by Gasteiger charge is -2.33. The molecule has 23 heavy (non-hydrogen) atoms. The van der Waals surface area contributed by atoms with Crippen molar-refractivity contribution in [3.8, 4) is 6.07 Å². The number of carbonyl (C=O) groups excluding carboxylic acids is 1. The Bertz CT molecular complexity index is 608. The lowest BCUT2D eigenvalue weighted by molar-refractivity contribution is -0.125. The van der Waals surface area contributed by atoms with Gasteiger partial charge in [0, 0.05) is 19.6 Å². The number of unbranched alkanes of at least 4 members (excludes halogenated alkanes) is 1. The zero-order valence-corrected chi connectivity index (χ0v) is 14.2. The number of aromatic nitrogens is 2. The molecule has 2 heterocycles. The van der Waals surface area contributed by atoms with Crippen LogP contribution in [0.3, 0.4) is 0 Å². The van der Waals surface area contributed by atoms with E-state index in [9.17, 15) is 10.1 Å². The molecule has 1 aromatic heterocycles. The molecule has 1 unspecified atom stereocenters. The maximum Gasteiger partial charge on any atom is 0.224 e. The zero-order chi connectivity index (χ0) is 16.8. The van der Waals surface area contributed by atoms with Gasteiger partial charge in [0.2, 0.25) is 5.91 Å². The number of amides is 1. The van der Waals surface area contributed by atoms with Gasteiger partial charge in [0.15, 0.2) is 5.82 Å². The minimum atomic E-state index is -0.0458. The maximum absolute atomic E-state index is 12.3. The summed E-state index contributed by atoms with van der Waals surface area (Å²) < 4.78 is 0. The van der Waals surface area contributed by atoms with Gasteiger partial charge in [-0.25, -0.2) is 0 Å². The minimum absolute atomic E-state index is 0.0458. The molecular formula is C17H25N5O. The molecule has 1 N–H and O–H groups in total. The lowest BCUT2D eigenvalue weighted by Crippen LogP contribution is -2.44. The van der Waals surface area contributed by atoms with Crippen molar-refractivity contribution in [3.05, 3.63) is 16.8 Å². The van der Waals surface area contributed by atoms with Crippen molar-refractivity contribution in [2.24, 2.45) is 5.92 Å². The Hall–Kier alpha value is -2.16. The second kappa shape index (κ2) is 7.91. The molecule has 0 aromatic carbocycles. The van der Waals surface area contributed by atoms with E-state index in [1.54, 1.807) is 0 Å². The van der Waals surface area contributed by atoms with Gasteiger partial charge in [-0.2, -0.15) is 10.4 Å². The monoisotopic (exact) mass is 315 g/mol. The molecule has 0 bridgehead atoms. The first-order chi connectivity index (χ1) is 11.1. The van der Waals surface area contributed by atoms with E-state index in [4.69, 9.17) is 0 Å². The van der Waals surface area contributed by atoms with Crippen LogP contribution in [0.1, 0.15) is 49.4 Å². The van der Waals surface area contributed by atoms with Gasteiger partial charge in [-0.15, -0.1) is 5.10 Å². The van der Waals surface area contributed by atoms with Crippen molar-refractivity contribution in [3.63, 3.8) is 0 Å². The van der Waals surface area contributed by atoms with E-state index in [1.165, 1.54) is 0 Å². The normalized spacial score (nSPS) is 17.7. The summed E-state index contributed by atoms with van der Waals surface area (Å²) in [6, 6.07) is 2.24. The Morgan fingerprint density at radius 1 is 1.43 bits per heavy atom. The van der Waals surface area contributed by atoms with Gasteiger partial charge in [-0.3, -0.25) is 4.79 Å². The number of nitrogens with one attached hydrogen (secondary N) is 1. The minimum Gasteiger partial charge on any atom is -0.356 e. The van der Waals surface area contributed by atoms with E-state index in [1.807, 2.05) is 18.7 Å². The van der Waals surface area contributed by atoms with E-state index in [-0.39, 0.29) is 11.8 Å². The predicted octanol–water partition coefficient (Wildman–Crippen LogP) is 2.10. The van der Waals surface area contributed by atoms with E-state index < -0.39 is 0 Å². The number of piperidine rings is 1. The number of hydrogen-bond acceptors (Lipinski definition) is 5. The number of hydrogen-bond donors (Lipinski definition) is 1. The highest BCUT2D eigenvalue weighted by Crippen LogP contribution is 2.26. The molecule has 6 nitrogen and oxygen atoms in total. The molecule has 6 heteroatoms. The molecule has 124 valence electrons. The van der Waals surface area contributed by atoms with Crippen LogP contribution < -0.4 is 10.2 Å². The van der Waals surface area contributed by atoms with Crippen molar-refractivity contribution in [2.75, 3.05) is 24.5 Å². The van der Waals surface area contributed by atoms with Gasteiger partial charge in [-0.1, -0.05) is 13.3 Å². The number of nitriles is 1. The summed E-state index contributed by atoms with van der Waals surface area (Å²) in [6.45, 7) is 8.00. The fraction of sp³-hybridized carbons (Fsp3) is 0.647. The molecule has 0 spiro atoms. The van der Waals surface area contributed by atoms with Gasteiger partial charge in [0.05, 0.1) is 11.6 Å². The van der Waals surface area contributed by atoms with Crippen LogP contribution in [-0.4, -0.2) is 35.7 Å². The van der Waals surface area contributed by atoms with E-state index in [2.05, 4.69) is 28.5 Å². The Morgan fingerprint density at radius 2 is 2.22 bits per heavy atom. The third-order valence-electron chi connectivity index (χ3n) is 4.47. The molecule has 1 fully saturated rings. The molecule has 1 atom stereocenters. The SMILES string of the molecule is CCCCNC(=O)C1CCCN(c2nnc(C)c(C)c2C#N)C1. The summed E-state index contributed by atoms with van der Waals surface area (Å²) in [5.41, 5.74) is 2.22. The molecule has 1 aromatic rings. The van der Waals surface area contributed by atoms with Crippen LogP contribution in [0.2, 0.25) is 0 Å². The number of rotatable bonds is 5. The molecule has 0 aliphatic carbocycles. The van der Waals surface area contributed by atoms with Crippen LogP contribution >= 0.6 is 0 Å². The first-order valence-electron chi connectivity index (χ1n) is 8.35. The zero-order valence-electron chi connectivity index (χ0n) is 14.2. The molecule has 2 rings (SSSR count). The molecule has 0 radical (unpaired) electrons. The fourth-order valence-corrected chi connectivity index (χ4v) is 2.87. The highest BCUT2D eigenvalue weighted by molar-refractivity contribution is 5.79. The van der Waals surface area contributed by atoms with Gasteiger partial charge in [0.1, 0.15) is 11.6 Å². The van der Waals surface area contributed by atoms with Crippen LogP contribution in [0, 0.1) is 31.1 Å². The van der Waals surface area contributed by atoms with Crippen molar-refractivity contribution < 1.29 is 4.79 Å². The molecular weight excluding hydrogens is 290 g/mol. The smallest absolute Gasteiger partial charge is 0.224 e. The Balaban J connectivity index is 2.11. The van der Waals surface area contributed by atoms with Gasteiger partial charge in [-0.05, 0) is 38.7 Å². The third-order valence-corrected chi connectivity index (χ3v) is 4.47. The maximum atomic E-state index is 12.3. The van der Waals surface area contributed by atoms with Crippen LogP contribution in [0.15, 0.2) is 0 Å². The quantitative estimate of drug-likeness (QED) is 0.841. The second-order valence-corrected chi connectivity index (χ2v) is 6.15. The van der Waals surface area contributed by atoms with Crippen molar-refractivity contribution >= 4 is 11.7 Å². The average molecular weight is 315 g/mol. The Morgan fingerprint density at radius 3 is 2.91 bits per heavy atom. The number of aryl methyl sites for hydroxylation is 1.